The molecule has 20 atom stereocenters. The first-order chi connectivity index (χ1) is 58.5. The Kier molecular flexibility index (Phi) is 66.9. The first kappa shape index (κ1) is 112. The minimum absolute atomic E-state index is 0.0102. The molecule has 20 unspecified atom stereocenters. The molecule has 0 aromatic carbocycles. The third-order valence-electron chi connectivity index (χ3n) is 24.6. The summed E-state index contributed by atoms with van der Waals surface area (Å²) in [7, 11) is -5.81. The van der Waals surface area contributed by atoms with Crippen molar-refractivity contribution in [2.75, 3.05) is 26.4 Å². The van der Waals surface area contributed by atoms with Gasteiger partial charge in [-0.2, -0.15) is 0 Å². The lowest BCUT2D eigenvalue weighted by molar-refractivity contribution is -0.360. The fourth-order valence-electron chi connectivity index (χ4n) is 16.6. The van der Waals surface area contributed by atoms with E-state index in [1.807, 2.05) is 0 Å². The van der Waals surface area contributed by atoms with Gasteiger partial charge >= 0.3 is 31.7 Å². The van der Waals surface area contributed by atoms with Crippen LogP contribution in [0.1, 0.15) is 427 Å². The molecule has 3 fully saturated rings. The van der Waals surface area contributed by atoms with Crippen LogP contribution in [0.5, 0.6) is 0 Å². The topological polar surface area (TPSA) is 380 Å². The number of esters is 4. The number of aliphatic hydroxyl groups is 9. The molecule has 25 nitrogen and oxygen atoms in total. The smallest absolute Gasteiger partial charge is 0.463 e. The van der Waals surface area contributed by atoms with Crippen molar-refractivity contribution < 1.29 is 122 Å². The summed E-state index contributed by atoms with van der Waals surface area (Å²) in [5.74, 6) is -1.64. The van der Waals surface area contributed by atoms with E-state index in [1.165, 1.54) is 180 Å². The number of hydrogen-bond acceptors (Lipinski definition) is 24. The molecule has 0 radical (unpaired) electrons. The van der Waals surface area contributed by atoms with Crippen molar-refractivity contribution in [1.29, 1.82) is 0 Å². The minimum atomic E-state index is -5.81. The predicted octanol–water partition coefficient (Wildman–Crippen LogP) is 18.8. The Labute approximate surface area is 731 Å². The number of ether oxygens (including phenoxy) is 8. The van der Waals surface area contributed by atoms with Crippen LogP contribution in [0.25, 0.3) is 0 Å². The Morgan fingerprint density at radius 2 is 0.669 bits per heavy atom. The summed E-state index contributed by atoms with van der Waals surface area (Å²) in [6.07, 6.45) is 29.0. The number of carbonyl (C=O) groups is 4. The summed E-state index contributed by atoms with van der Waals surface area (Å²) >= 11 is 0. The summed E-state index contributed by atoms with van der Waals surface area (Å²) in [5, 5.41) is 103. The van der Waals surface area contributed by atoms with Crippen molar-refractivity contribution in [1.82, 2.24) is 0 Å². The van der Waals surface area contributed by atoms with Crippen LogP contribution in [0.4, 0.5) is 0 Å². The minimum Gasteiger partial charge on any atom is -0.463 e. The van der Waals surface area contributed by atoms with Gasteiger partial charge in [0.25, 0.3) is 0 Å². The van der Waals surface area contributed by atoms with Crippen LogP contribution in [-0.4, -0.2) is 205 Å². The maximum Gasteiger partial charge on any atom is 0.472 e. The second-order valence-corrected chi connectivity index (χ2v) is 37.2. The third kappa shape index (κ3) is 52.5. The molecule has 121 heavy (non-hydrogen) atoms. The number of allylic oxidation sites excluding steroid dienone is 2. The van der Waals surface area contributed by atoms with E-state index in [2.05, 4.69) is 53.7 Å². The standard InChI is InChI=1S/C95H177O25P/c1-7-11-15-19-23-25-27-29-31-33-35-37-39-49-58-66-79(98)112-72-77-83(102)85(104)89(108)95(116-77)119-92-90(117-81(100)68-60-52-44-42-48-56-64-74(6)62-54-46-22-18-14-10-4)86(105)87(106)91(118-94-88(107)84(103)82(101)76(69-96)115-94)93(92)120-121(109,110)113-71-75(114-80(99)67-59-51-40-38-36-34-32-30-28-26-24-20-16-12-8-2)70-111-78(97)65-57-50-43-41-47-55-63-73(5)61-53-45-21-17-13-9-3/h25,27,73-77,82-96,101-108H,7-24,26,28-72H2,1-6H3,(H,109,110)/b27-25-. The fraction of sp³-hybridized carbons (Fsp3) is 0.937. The lowest BCUT2D eigenvalue weighted by Crippen LogP contribution is -2.70. The van der Waals surface area contributed by atoms with Crippen LogP contribution in [-0.2, 0) is 70.7 Å². The lowest BCUT2D eigenvalue weighted by atomic mass is 9.84. The predicted molar refractivity (Wildman–Crippen MR) is 472 cm³/mol. The average molecular weight is 1750 g/mol. The van der Waals surface area contributed by atoms with Gasteiger partial charge in [-0.05, 0) is 63.2 Å². The SMILES string of the molecule is CCCCCC/C=C\CCCCCCCCCC(=O)OCC1OC(OC2C(OC(=O)CCCCCCCCC(C)CCCCCCCC)C(O)C(O)C(OC3OC(CO)C(O)C(O)C3O)C2OP(=O)(O)OCC(COC(=O)CCCCCCCCC(C)CCCCCCCC)OC(=O)CCCCCCCCCCCCCCCCC)C(O)C(O)C1O. The Hall–Kier alpha value is -2.79. The van der Waals surface area contributed by atoms with Crippen LogP contribution in [0, 0.1) is 11.8 Å². The molecule has 2 saturated heterocycles. The zero-order chi connectivity index (χ0) is 88.5. The zero-order valence-electron chi connectivity index (χ0n) is 76.4. The highest BCUT2D eigenvalue weighted by Gasteiger charge is 2.60. The van der Waals surface area contributed by atoms with E-state index in [0.29, 0.717) is 43.9 Å². The lowest BCUT2D eigenvalue weighted by Gasteiger charge is -2.50. The number of aliphatic hydroxyl groups excluding tert-OH is 9. The average Bonchev–Trinajstić information content (AvgIpc) is 0.753. The van der Waals surface area contributed by atoms with Crippen LogP contribution in [0.2, 0.25) is 0 Å². The fourth-order valence-corrected chi connectivity index (χ4v) is 17.5. The molecule has 2 heterocycles. The van der Waals surface area contributed by atoms with E-state index in [-0.39, 0.29) is 25.7 Å². The van der Waals surface area contributed by atoms with Crippen molar-refractivity contribution in [3.8, 4) is 0 Å². The van der Waals surface area contributed by atoms with Crippen LogP contribution in [0.3, 0.4) is 0 Å². The van der Waals surface area contributed by atoms with Gasteiger partial charge in [0.15, 0.2) is 24.8 Å². The summed E-state index contributed by atoms with van der Waals surface area (Å²) in [6, 6.07) is 0. The van der Waals surface area contributed by atoms with Gasteiger partial charge < -0.3 is 88.7 Å². The monoisotopic (exact) mass is 1750 g/mol. The molecule has 0 spiro atoms. The molecular formula is C95H177O25P. The van der Waals surface area contributed by atoms with Crippen LogP contribution < -0.4 is 0 Å². The first-order valence-electron chi connectivity index (χ1n) is 49.2. The number of carbonyl (C=O) groups excluding carboxylic acids is 4. The molecule has 1 aliphatic carbocycles. The van der Waals surface area contributed by atoms with Gasteiger partial charge in [0.2, 0.25) is 0 Å². The summed E-state index contributed by atoms with van der Waals surface area (Å²) in [6.45, 7) is 10.3. The van der Waals surface area contributed by atoms with E-state index >= 15 is 0 Å². The molecule has 0 aromatic rings. The molecule has 26 heteroatoms. The van der Waals surface area contributed by atoms with Crippen molar-refractivity contribution in [3.63, 3.8) is 0 Å². The van der Waals surface area contributed by atoms with E-state index in [4.69, 9.17) is 46.9 Å². The molecule has 1 saturated carbocycles. The molecule has 10 N–H and O–H groups in total. The highest BCUT2D eigenvalue weighted by atomic mass is 31.2. The third-order valence-corrected chi connectivity index (χ3v) is 25.5. The van der Waals surface area contributed by atoms with Gasteiger partial charge in [-0.15, -0.1) is 0 Å². The molecule has 3 rings (SSSR count). The maximum atomic E-state index is 15.0. The first-order valence-corrected chi connectivity index (χ1v) is 50.7. The van der Waals surface area contributed by atoms with Crippen molar-refractivity contribution in [2.24, 2.45) is 11.8 Å². The number of hydrogen-bond donors (Lipinski definition) is 10. The van der Waals surface area contributed by atoms with E-state index in [0.717, 1.165) is 148 Å². The van der Waals surface area contributed by atoms with Gasteiger partial charge in [-0.3, -0.25) is 28.2 Å². The Bertz CT molecular complexity index is 2590. The van der Waals surface area contributed by atoms with E-state index in [9.17, 15) is 74.6 Å². The molecular weight excluding hydrogens is 1570 g/mol. The van der Waals surface area contributed by atoms with Crippen molar-refractivity contribution in [2.45, 2.75) is 531 Å². The molecule has 0 aromatic heterocycles. The molecule has 0 bridgehead atoms. The maximum absolute atomic E-state index is 15.0. The Morgan fingerprint density at radius 1 is 0.347 bits per heavy atom. The Morgan fingerprint density at radius 3 is 1.07 bits per heavy atom. The highest BCUT2D eigenvalue weighted by Crippen LogP contribution is 2.49. The van der Waals surface area contributed by atoms with Gasteiger partial charge in [0.1, 0.15) is 92.6 Å². The summed E-state index contributed by atoms with van der Waals surface area (Å²) in [4.78, 5) is 66.7. The normalized spacial score (nSPS) is 25.2. The summed E-state index contributed by atoms with van der Waals surface area (Å²) in [5.41, 5.74) is 0. The number of phosphoric ester groups is 1. The second-order valence-electron chi connectivity index (χ2n) is 35.8. The molecule has 712 valence electrons. The molecule has 2 aliphatic heterocycles. The summed E-state index contributed by atoms with van der Waals surface area (Å²) < 4.78 is 73.7. The van der Waals surface area contributed by atoms with Gasteiger partial charge in [-0.1, -0.05) is 362 Å². The van der Waals surface area contributed by atoms with Crippen LogP contribution >= 0.6 is 7.82 Å². The Balaban J connectivity index is 1.92. The largest absolute Gasteiger partial charge is 0.472 e. The second kappa shape index (κ2) is 72.1. The van der Waals surface area contributed by atoms with Gasteiger partial charge in [0.05, 0.1) is 13.2 Å². The number of phosphoric acid groups is 1. The van der Waals surface area contributed by atoms with Crippen molar-refractivity contribution in [3.05, 3.63) is 12.2 Å². The van der Waals surface area contributed by atoms with Gasteiger partial charge in [0, 0.05) is 25.7 Å². The number of rotatable bonds is 79. The zero-order valence-corrected chi connectivity index (χ0v) is 77.3. The molecule has 0 amide bonds. The van der Waals surface area contributed by atoms with Crippen molar-refractivity contribution >= 4 is 31.7 Å². The van der Waals surface area contributed by atoms with E-state index < -0.39 is 162 Å². The quantitative estimate of drug-likeness (QED) is 0.00889. The number of unbranched alkanes of at least 4 members (excludes halogenated alkanes) is 45. The van der Waals surface area contributed by atoms with Gasteiger partial charge in [-0.25, -0.2) is 4.57 Å². The van der Waals surface area contributed by atoms with Crippen LogP contribution in [0.15, 0.2) is 12.2 Å². The highest BCUT2D eigenvalue weighted by molar-refractivity contribution is 7.47. The van der Waals surface area contributed by atoms with E-state index in [1.54, 1.807) is 0 Å². The molecule has 3 aliphatic rings.